The molecule has 1 amide bonds. The van der Waals surface area contributed by atoms with E-state index in [1.807, 2.05) is 36.0 Å². The van der Waals surface area contributed by atoms with E-state index < -0.39 is 0 Å². The Balaban J connectivity index is 1.41. The molecule has 1 aromatic heterocycles. The summed E-state index contributed by atoms with van der Waals surface area (Å²) in [5.74, 6) is 2.27. The molecule has 30 heavy (non-hydrogen) atoms. The van der Waals surface area contributed by atoms with E-state index in [0.29, 0.717) is 23.9 Å². The van der Waals surface area contributed by atoms with Crippen molar-refractivity contribution in [2.75, 3.05) is 26.7 Å². The maximum atomic E-state index is 13.3. The third kappa shape index (κ3) is 3.53. The number of hydrogen-bond donors (Lipinski definition) is 0. The van der Waals surface area contributed by atoms with Crippen molar-refractivity contribution >= 4 is 5.91 Å². The molecule has 5 rings (SSSR count). The normalized spacial score (nSPS) is 28.8. The standard InChI is InChI=1S/C25H33N3O2/c1-26-11-6-10-23(26)25(29)27-16-19-15-20(17-27)24(28-12-4-3-9-22(19)28)14-18-7-5-8-21(13-18)30-2/h5-8,10-11,13,19-20,22,24H,3-4,9,12,14-17H2,1-2H3/t19-,20+,22+,24+/m1/s1. The molecule has 0 unspecified atom stereocenters. The molecule has 2 aromatic rings. The molecule has 0 N–H and O–H groups in total. The summed E-state index contributed by atoms with van der Waals surface area (Å²) in [6.07, 6.45) is 8.16. The van der Waals surface area contributed by atoms with E-state index in [1.54, 1.807) is 7.11 Å². The topological polar surface area (TPSA) is 37.7 Å². The fourth-order valence-corrected chi connectivity index (χ4v) is 6.24. The predicted octanol–water partition coefficient (Wildman–Crippen LogP) is 3.59. The second kappa shape index (κ2) is 8.10. The first-order valence-electron chi connectivity index (χ1n) is 11.4. The van der Waals surface area contributed by atoms with Crippen LogP contribution < -0.4 is 4.74 Å². The van der Waals surface area contributed by atoms with E-state index in [1.165, 1.54) is 37.8 Å². The molecule has 0 spiro atoms. The van der Waals surface area contributed by atoms with E-state index in [2.05, 4.69) is 28.0 Å². The molecule has 4 atom stereocenters. The quantitative estimate of drug-likeness (QED) is 0.777. The molecule has 2 bridgehead atoms. The van der Waals surface area contributed by atoms with Crippen LogP contribution in [0.1, 0.15) is 41.7 Å². The summed E-state index contributed by atoms with van der Waals surface area (Å²) in [7, 11) is 3.70. The van der Waals surface area contributed by atoms with Gasteiger partial charge in [0, 0.05) is 38.4 Å². The monoisotopic (exact) mass is 407 g/mol. The smallest absolute Gasteiger partial charge is 0.270 e. The second-order valence-electron chi connectivity index (χ2n) is 9.39. The fourth-order valence-electron chi connectivity index (χ4n) is 6.24. The van der Waals surface area contributed by atoms with Crippen LogP contribution >= 0.6 is 0 Å². The van der Waals surface area contributed by atoms with Gasteiger partial charge < -0.3 is 14.2 Å². The van der Waals surface area contributed by atoms with Crippen molar-refractivity contribution in [2.24, 2.45) is 18.9 Å². The summed E-state index contributed by atoms with van der Waals surface area (Å²) in [5, 5.41) is 0. The molecular weight excluding hydrogens is 374 g/mol. The number of carbonyl (C=O) groups is 1. The van der Waals surface area contributed by atoms with Gasteiger partial charge in [0.05, 0.1) is 7.11 Å². The molecule has 3 aliphatic rings. The van der Waals surface area contributed by atoms with Gasteiger partial charge >= 0.3 is 0 Å². The molecule has 5 nitrogen and oxygen atoms in total. The molecule has 3 fully saturated rings. The van der Waals surface area contributed by atoms with Gasteiger partial charge in [-0.25, -0.2) is 0 Å². The number of aromatic nitrogens is 1. The molecule has 0 aliphatic carbocycles. The van der Waals surface area contributed by atoms with Gasteiger partial charge in [-0.05, 0) is 73.9 Å². The van der Waals surface area contributed by atoms with Gasteiger partial charge in [0.25, 0.3) is 5.91 Å². The third-order valence-electron chi connectivity index (χ3n) is 7.65. The van der Waals surface area contributed by atoms with Crippen LogP contribution in [0.4, 0.5) is 0 Å². The summed E-state index contributed by atoms with van der Waals surface area (Å²) >= 11 is 0. The van der Waals surface area contributed by atoms with Crippen molar-refractivity contribution in [2.45, 2.75) is 44.2 Å². The van der Waals surface area contributed by atoms with Gasteiger partial charge in [-0.2, -0.15) is 0 Å². The van der Waals surface area contributed by atoms with Crippen LogP contribution in [0.5, 0.6) is 5.75 Å². The Morgan fingerprint density at radius 1 is 1.13 bits per heavy atom. The summed E-state index contributed by atoms with van der Waals surface area (Å²) in [4.78, 5) is 18.3. The zero-order valence-corrected chi connectivity index (χ0v) is 18.2. The number of benzene rings is 1. The Hall–Kier alpha value is -2.27. The van der Waals surface area contributed by atoms with Crippen molar-refractivity contribution in [1.82, 2.24) is 14.4 Å². The van der Waals surface area contributed by atoms with E-state index in [4.69, 9.17) is 4.74 Å². The van der Waals surface area contributed by atoms with Gasteiger partial charge in [0.15, 0.2) is 0 Å². The number of ether oxygens (including phenoxy) is 1. The summed E-state index contributed by atoms with van der Waals surface area (Å²) in [6.45, 7) is 2.99. The van der Waals surface area contributed by atoms with E-state index in [9.17, 15) is 4.79 Å². The Morgan fingerprint density at radius 2 is 2.00 bits per heavy atom. The van der Waals surface area contributed by atoms with Crippen molar-refractivity contribution in [1.29, 1.82) is 0 Å². The van der Waals surface area contributed by atoms with Gasteiger partial charge in [0.1, 0.15) is 11.4 Å². The first-order chi connectivity index (χ1) is 14.6. The number of rotatable bonds is 4. The minimum absolute atomic E-state index is 0.196. The fraction of sp³-hybridized carbons (Fsp3) is 0.560. The average Bonchev–Trinajstić information content (AvgIpc) is 3.22. The molecule has 3 aliphatic heterocycles. The van der Waals surface area contributed by atoms with Gasteiger partial charge in [0.2, 0.25) is 0 Å². The SMILES string of the molecule is COc1cccc(C[C@H]2[C@H]3C[C@H](CN(C(=O)c4cccn4C)C3)[C@@H]3CCCCN32)c1. The lowest BCUT2D eigenvalue weighted by atomic mass is 9.71. The van der Waals surface area contributed by atoms with Gasteiger partial charge in [-0.3, -0.25) is 9.69 Å². The highest BCUT2D eigenvalue weighted by molar-refractivity contribution is 5.92. The number of nitrogens with zero attached hydrogens (tertiary/aromatic N) is 3. The van der Waals surface area contributed by atoms with Crippen LogP contribution in [0.25, 0.3) is 0 Å². The Bertz CT molecular complexity index is 907. The van der Waals surface area contributed by atoms with Crippen LogP contribution in [0, 0.1) is 11.8 Å². The maximum absolute atomic E-state index is 13.3. The Kier molecular flexibility index (Phi) is 5.32. The number of amides is 1. The van der Waals surface area contributed by atoms with Crippen LogP contribution in [-0.4, -0.2) is 59.1 Å². The minimum Gasteiger partial charge on any atom is -0.497 e. The average molecular weight is 408 g/mol. The molecule has 3 saturated heterocycles. The molecule has 0 saturated carbocycles. The minimum atomic E-state index is 0.196. The lowest BCUT2D eigenvalue weighted by Crippen LogP contribution is -2.64. The molecular formula is C25H33N3O2. The van der Waals surface area contributed by atoms with Crippen molar-refractivity contribution in [3.8, 4) is 5.75 Å². The Morgan fingerprint density at radius 3 is 2.80 bits per heavy atom. The lowest BCUT2D eigenvalue weighted by Gasteiger charge is -2.57. The zero-order chi connectivity index (χ0) is 20.7. The zero-order valence-electron chi connectivity index (χ0n) is 18.2. The van der Waals surface area contributed by atoms with Crippen LogP contribution in [0.3, 0.4) is 0 Å². The van der Waals surface area contributed by atoms with E-state index in [-0.39, 0.29) is 5.91 Å². The third-order valence-corrected chi connectivity index (χ3v) is 7.65. The number of hydrogen-bond acceptors (Lipinski definition) is 3. The maximum Gasteiger partial charge on any atom is 0.270 e. The molecule has 1 aromatic carbocycles. The Labute approximate surface area is 179 Å². The van der Waals surface area contributed by atoms with Crippen LogP contribution in [0.15, 0.2) is 42.6 Å². The van der Waals surface area contributed by atoms with Gasteiger partial charge in [-0.1, -0.05) is 18.6 Å². The van der Waals surface area contributed by atoms with Crippen molar-refractivity contribution in [3.05, 3.63) is 53.9 Å². The summed E-state index contributed by atoms with van der Waals surface area (Å²) in [6, 6.07) is 13.6. The highest BCUT2D eigenvalue weighted by Gasteiger charge is 2.47. The second-order valence-corrected chi connectivity index (χ2v) is 9.39. The van der Waals surface area contributed by atoms with Crippen molar-refractivity contribution < 1.29 is 9.53 Å². The van der Waals surface area contributed by atoms with Crippen LogP contribution in [-0.2, 0) is 13.5 Å². The summed E-state index contributed by atoms with van der Waals surface area (Å²) in [5.41, 5.74) is 2.15. The number of aryl methyl sites for hydroxylation is 1. The van der Waals surface area contributed by atoms with Crippen molar-refractivity contribution in [3.63, 3.8) is 0 Å². The largest absolute Gasteiger partial charge is 0.497 e. The number of piperidine rings is 3. The lowest BCUT2D eigenvalue weighted by molar-refractivity contribution is -0.0643. The number of methoxy groups -OCH3 is 1. The summed E-state index contributed by atoms with van der Waals surface area (Å²) < 4.78 is 7.42. The molecule has 160 valence electrons. The molecule has 5 heteroatoms. The predicted molar refractivity (Wildman–Crippen MR) is 118 cm³/mol. The van der Waals surface area contributed by atoms with E-state index >= 15 is 0 Å². The molecule has 4 heterocycles. The highest BCUT2D eigenvalue weighted by Crippen LogP contribution is 2.42. The number of carbonyl (C=O) groups excluding carboxylic acids is 1. The van der Waals surface area contributed by atoms with E-state index in [0.717, 1.165) is 31.0 Å². The number of likely N-dealkylation sites (tertiary alicyclic amines) is 1. The number of fused-ring (bicyclic) bond motifs is 4. The first kappa shape index (κ1) is 19.7. The first-order valence-corrected chi connectivity index (χ1v) is 11.4. The molecule has 0 radical (unpaired) electrons. The van der Waals surface area contributed by atoms with Crippen LogP contribution in [0.2, 0.25) is 0 Å². The highest BCUT2D eigenvalue weighted by atomic mass is 16.5. The van der Waals surface area contributed by atoms with Gasteiger partial charge in [-0.15, -0.1) is 0 Å².